The van der Waals surface area contributed by atoms with Gasteiger partial charge in [-0.25, -0.2) is 0 Å². The van der Waals surface area contributed by atoms with Gasteiger partial charge in [-0.15, -0.1) is 0 Å². The first-order valence-electron chi connectivity index (χ1n) is 9.38. The van der Waals surface area contributed by atoms with Crippen LogP contribution in [-0.4, -0.2) is 24.7 Å². The lowest BCUT2D eigenvalue weighted by atomic mass is 10.1. The van der Waals surface area contributed by atoms with Crippen LogP contribution < -0.4 is 25.6 Å². The van der Waals surface area contributed by atoms with Crippen molar-refractivity contribution in [2.24, 2.45) is 0 Å². The van der Waals surface area contributed by atoms with E-state index in [-0.39, 0.29) is 12.5 Å². The van der Waals surface area contributed by atoms with Crippen LogP contribution >= 0.6 is 12.2 Å². The fourth-order valence-electron chi connectivity index (χ4n) is 2.72. The maximum atomic E-state index is 12.1. The highest BCUT2D eigenvalue weighted by Gasteiger charge is 2.08. The Morgan fingerprint density at radius 3 is 2.33 bits per heavy atom. The molecule has 3 N–H and O–H groups in total. The monoisotopic (exact) mass is 421 g/mol. The number of hydrazine groups is 1. The van der Waals surface area contributed by atoms with Crippen LogP contribution in [0.5, 0.6) is 11.5 Å². The van der Waals surface area contributed by atoms with Gasteiger partial charge < -0.3 is 14.8 Å². The fraction of sp³-hybridized carbons (Fsp3) is 0.130. The number of carbonyl (C=O) groups is 1. The molecule has 0 aliphatic rings. The summed E-state index contributed by atoms with van der Waals surface area (Å²) in [7, 11) is 1.62. The number of methoxy groups -OCH3 is 1. The van der Waals surface area contributed by atoms with Gasteiger partial charge in [-0.1, -0.05) is 60.7 Å². The standard InChI is InChI=1S/C23H23N3O3S/c1-28-19-13-11-17(12-14-19)15-24-23(30)26-25-22(27)16-29-21-10-6-5-9-20(21)18-7-3-2-4-8-18/h2-14H,15-16H2,1H3,(H,25,27)(H2,24,26,30). The normalized spacial score (nSPS) is 10.0. The lowest BCUT2D eigenvalue weighted by molar-refractivity contribution is -0.123. The molecule has 0 aromatic heterocycles. The average Bonchev–Trinajstić information content (AvgIpc) is 2.81. The van der Waals surface area contributed by atoms with Gasteiger partial charge in [0.15, 0.2) is 11.7 Å². The van der Waals surface area contributed by atoms with Gasteiger partial charge in [0.25, 0.3) is 5.91 Å². The van der Waals surface area contributed by atoms with Gasteiger partial charge in [-0.05, 0) is 41.5 Å². The van der Waals surface area contributed by atoms with Crippen molar-refractivity contribution in [3.05, 3.63) is 84.4 Å². The Morgan fingerprint density at radius 1 is 0.900 bits per heavy atom. The lowest BCUT2D eigenvalue weighted by Crippen LogP contribution is -2.48. The van der Waals surface area contributed by atoms with E-state index in [0.717, 1.165) is 22.4 Å². The minimum absolute atomic E-state index is 0.141. The van der Waals surface area contributed by atoms with E-state index in [1.54, 1.807) is 7.11 Å². The summed E-state index contributed by atoms with van der Waals surface area (Å²) in [5, 5.41) is 3.33. The smallest absolute Gasteiger partial charge is 0.276 e. The summed E-state index contributed by atoms with van der Waals surface area (Å²) in [6.07, 6.45) is 0. The number of thiocarbonyl (C=S) groups is 1. The van der Waals surface area contributed by atoms with Gasteiger partial charge in [0, 0.05) is 12.1 Å². The van der Waals surface area contributed by atoms with Crippen molar-refractivity contribution >= 4 is 23.2 Å². The Balaban J connectivity index is 1.43. The van der Waals surface area contributed by atoms with Crippen LogP contribution in [-0.2, 0) is 11.3 Å². The predicted molar refractivity (Wildman–Crippen MR) is 121 cm³/mol. The van der Waals surface area contributed by atoms with Crippen LogP contribution in [0.1, 0.15) is 5.56 Å². The summed E-state index contributed by atoms with van der Waals surface area (Å²) in [5.41, 5.74) is 8.19. The Morgan fingerprint density at radius 2 is 1.60 bits per heavy atom. The van der Waals surface area contributed by atoms with Crippen LogP contribution in [0, 0.1) is 0 Å². The number of hydrogen-bond donors (Lipinski definition) is 3. The number of carbonyl (C=O) groups excluding carboxylic acids is 1. The van der Waals surface area contributed by atoms with E-state index >= 15 is 0 Å². The number of rotatable bonds is 7. The lowest BCUT2D eigenvalue weighted by Gasteiger charge is -2.14. The highest BCUT2D eigenvalue weighted by molar-refractivity contribution is 7.80. The number of nitrogens with one attached hydrogen (secondary N) is 3. The molecule has 0 saturated heterocycles. The van der Waals surface area contributed by atoms with E-state index in [0.29, 0.717) is 17.4 Å². The summed E-state index contributed by atoms with van der Waals surface area (Å²) in [6.45, 7) is 0.380. The second kappa shape index (κ2) is 10.8. The zero-order valence-electron chi connectivity index (χ0n) is 16.6. The van der Waals surface area contributed by atoms with Crippen molar-refractivity contribution < 1.29 is 14.3 Å². The molecule has 154 valence electrons. The van der Waals surface area contributed by atoms with E-state index in [4.69, 9.17) is 21.7 Å². The molecule has 0 bridgehead atoms. The number of amides is 1. The van der Waals surface area contributed by atoms with E-state index in [2.05, 4.69) is 16.2 Å². The van der Waals surface area contributed by atoms with E-state index in [1.807, 2.05) is 78.9 Å². The third kappa shape index (κ3) is 6.22. The Bertz CT molecular complexity index is 978. The quantitative estimate of drug-likeness (QED) is 0.401. The van der Waals surface area contributed by atoms with Crippen LogP contribution in [0.25, 0.3) is 11.1 Å². The van der Waals surface area contributed by atoms with Crippen molar-refractivity contribution in [2.75, 3.05) is 13.7 Å². The molecule has 0 aliphatic heterocycles. The largest absolute Gasteiger partial charge is 0.497 e. The average molecular weight is 422 g/mol. The molecule has 0 aliphatic carbocycles. The Labute approximate surface area is 181 Å². The fourth-order valence-corrected chi connectivity index (χ4v) is 2.85. The van der Waals surface area contributed by atoms with Crippen molar-refractivity contribution in [3.63, 3.8) is 0 Å². The summed E-state index contributed by atoms with van der Waals surface area (Å²) >= 11 is 5.18. The molecule has 0 unspecified atom stereocenters. The van der Waals surface area contributed by atoms with Gasteiger partial charge in [0.2, 0.25) is 0 Å². The summed E-state index contributed by atoms with van der Waals surface area (Å²) in [5.74, 6) is 1.09. The molecule has 0 atom stereocenters. The number of ether oxygens (including phenoxy) is 2. The number of para-hydroxylation sites is 1. The molecule has 3 aromatic rings. The second-order valence-corrected chi connectivity index (χ2v) is 6.76. The minimum atomic E-state index is -0.341. The van der Waals surface area contributed by atoms with E-state index in [9.17, 15) is 4.79 Å². The topological polar surface area (TPSA) is 71.6 Å². The molecule has 3 rings (SSSR count). The molecular formula is C23H23N3O3S. The van der Waals surface area contributed by atoms with Crippen molar-refractivity contribution in [1.29, 1.82) is 0 Å². The van der Waals surface area contributed by atoms with Crippen LogP contribution in [0.2, 0.25) is 0 Å². The summed E-state index contributed by atoms with van der Waals surface area (Å²) < 4.78 is 10.8. The SMILES string of the molecule is COc1ccc(CNC(=S)NNC(=O)COc2ccccc2-c2ccccc2)cc1. The summed E-state index contributed by atoms with van der Waals surface area (Å²) in [6, 6.07) is 25.1. The molecule has 0 saturated carbocycles. The first kappa shape index (κ1) is 21.1. The first-order chi connectivity index (χ1) is 14.7. The van der Waals surface area contributed by atoms with Crippen LogP contribution in [0.3, 0.4) is 0 Å². The third-order valence-electron chi connectivity index (χ3n) is 4.26. The zero-order valence-corrected chi connectivity index (χ0v) is 17.4. The number of hydrogen-bond acceptors (Lipinski definition) is 4. The minimum Gasteiger partial charge on any atom is -0.497 e. The molecule has 0 heterocycles. The van der Waals surface area contributed by atoms with Crippen molar-refractivity contribution in [2.45, 2.75) is 6.54 Å². The van der Waals surface area contributed by atoms with Crippen LogP contribution in [0.15, 0.2) is 78.9 Å². The zero-order chi connectivity index (χ0) is 21.2. The first-order valence-corrected chi connectivity index (χ1v) is 9.79. The molecule has 30 heavy (non-hydrogen) atoms. The molecule has 6 nitrogen and oxygen atoms in total. The van der Waals surface area contributed by atoms with Crippen molar-refractivity contribution in [3.8, 4) is 22.6 Å². The van der Waals surface area contributed by atoms with Crippen molar-refractivity contribution in [1.82, 2.24) is 16.2 Å². The maximum Gasteiger partial charge on any atom is 0.276 e. The van der Waals surface area contributed by atoms with Gasteiger partial charge in [-0.2, -0.15) is 0 Å². The molecule has 0 spiro atoms. The van der Waals surface area contributed by atoms with Gasteiger partial charge in [0.05, 0.1) is 7.11 Å². The predicted octanol–water partition coefficient (Wildman–Crippen LogP) is 3.44. The van der Waals surface area contributed by atoms with E-state index in [1.165, 1.54) is 0 Å². The molecule has 1 amide bonds. The molecule has 3 aromatic carbocycles. The Hall–Kier alpha value is -3.58. The van der Waals surface area contributed by atoms with E-state index < -0.39 is 0 Å². The summed E-state index contributed by atoms with van der Waals surface area (Å²) in [4.78, 5) is 12.1. The van der Waals surface area contributed by atoms with Crippen LogP contribution in [0.4, 0.5) is 0 Å². The molecule has 7 heteroatoms. The molecule has 0 fully saturated rings. The molecular weight excluding hydrogens is 398 g/mol. The maximum absolute atomic E-state index is 12.1. The number of benzene rings is 3. The Kier molecular flexibility index (Phi) is 7.63. The second-order valence-electron chi connectivity index (χ2n) is 6.35. The third-order valence-corrected chi connectivity index (χ3v) is 4.50. The highest BCUT2D eigenvalue weighted by Crippen LogP contribution is 2.29. The van der Waals surface area contributed by atoms with Gasteiger partial charge in [-0.3, -0.25) is 15.6 Å². The molecule has 0 radical (unpaired) electrons. The van der Waals surface area contributed by atoms with Gasteiger partial charge >= 0.3 is 0 Å². The highest BCUT2D eigenvalue weighted by atomic mass is 32.1. The van der Waals surface area contributed by atoms with Gasteiger partial charge in [0.1, 0.15) is 11.5 Å².